The molecule has 120 valence electrons. The molecule has 0 unspecified atom stereocenters. The van der Waals surface area contributed by atoms with E-state index in [9.17, 15) is 4.79 Å². The molecule has 0 spiro atoms. The molecule has 3 aromatic rings. The van der Waals surface area contributed by atoms with Crippen molar-refractivity contribution in [1.29, 1.82) is 0 Å². The molecular formula is C19H17N3O2. The van der Waals surface area contributed by atoms with Crippen LogP contribution in [0.1, 0.15) is 33.2 Å². The van der Waals surface area contributed by atoms with E-state index in [1.54, 1.807) is 7.11 Å². The van der Waals surface area contributed by atoms with E-state index in [1.165, 1.54) is 5.56 Å². The molecule has 0 radical (unpaired) electrons. The number of fused-ring (bicyclic) bond motifs is 1. The van der Waals surface area contributed by atoms with Crippen molar-refractivity contribution in [3.8, 4) is 17.0 Å². The molecule has 1 aromatic heterocycles. The van der Waals surface area contributed by atoms with E-state index in [2.05, 4.69) is 15.5 Å². The standard InChI is InChI=1S/C19H17N3O2/c1-11-3-5-12(6-4-11)16-15-17(21-22-18(15)19(23)20-16)13-7-9-14(24-2)10-8-13/h3-10,16H,1-2H3,(H,20,23)(H,21,22)/t16-/m0/s1. The summed E-state index contributed by atoms with van der Waals surface area (Å²) in [5.74, 6) is 0.665. The van der Waals surface area contributed by atoms with Gasteiger partial charge in [-0.05, 0) is 36.8 Å². The maximum absolute atomic E-state index is 12.3. The van der Waals surface area contributed by atoms with Crippen LogP contribution in [0, 0.1) is 6.92 Å². The van der Waals surface area contributed by atoms with Crippen LogP contribution in [0.2, 0.25) is 0 Å². The first kappa shape index (κ1) is 14.5. The minimum absolute atomic E-state index is 0.122. The highest BCUT2D eigenvalue weighted by molar-refractivity contribution is 6.00. The lowest BCUT2D eigenvalue weighted by molar-refractivity contribution is 0.0955. The van der Waals surface area contributed by atoms with Crippen LogP contribution in [0.25, 0.3) is 11.3 Å². The Morgan fingerprint density at radius 1 is 1.04 bits per heavy atom. The van der Waals surface area contributed by atoms with Gasteiger partial charge in [0.1, 0.15) is 11.4 Å². The van der Waals surface area contributed by atoms with Crippen LogP contribution in [0.3, 0.4) is 0 Å². The smallest absolute Gasteiger partial charge is 0.270 e. The zero-order valence-corrected chi connectivity index (χ0v) is 13.5. The number of hydrogen-bond donors (Lipinski definition) is 2. The second kappa shape index (κ2) is 5.53. The SMILES string of the molecule is COc1ccc(-c2n[nH]c3c2[C@H](c2ccc(C)cc2)NC3=O)cc1. The van der Waals surface area contributed by atoms with Gasteiger partial charge in [-0.1, -0.05) is 29.8 Å². The van der Waals surface area contributed by atoms with Crippen molar-refractivity contribution in [3.05, 3.63) is 70.9 Å². The average Bonchev–Trinajstić information content (AvgIpc) is 3.18. The van der Waals surface area contributed by atoms with Crippen LogP contribution in [0.15, 0.2) is 48.5 Å². The van der Waals surface area contributed by atoms with Gasteiger partial charge in [0.05, 0.1) is 18.8 Å². The number of rotatable bonds is 3. The molecule has 1 aliphatic heterocycles. The summed E-state index contributed by atoms with van der Waals surface area (Å²) in [5, 5.41) is 10.3. The van der Waals surface area contributed by atoms with Crippen molar-refractivity contribution < 1.29 is 9.53 Å². The van der Waals surface area contributed by atoms with E-state index >= 15 is 0 Å². The first-order chi connectivity index (χ1) is 11.7. The number of benzene rings is 2. The molecule has 4 rings (SSSR count). The summed E-state index contributed by atoms with van der Waals surface area (Å²) in [6.07, 6.45) is 0. The van der Waals surface area contributed by atoms with Gasteiger partial charge in [0.25, 0.3) is 5.91 Å². The van der Waals surface area contributed by atoms with Crippen LogP contribution in [0.5, 0.6) is 5.75 Å². The van der Waals surface area contributed by atoms with Crippen molar-refractivity contribution in [2.75, 3.05) is 7.11 Å². The topological polar surface area (TPSA) is 67.0 Å². The zero-order chi connectivity index (χ0) is 16.7. The number of hydrogen-bond acceptors (Lipinski definition) is 3. The zero-order valence-electron chi connectivity index (χ0n) is 13.5. The Labute approximate surface area is 139 Å². The van der Waals surface area contributed by atoms with Gasteiger partial charge in [-0.25, -0.2) is 0 Å². The molecule has 1 atom stereocenters. The lowest BCUT2D eigenvalue weighted by Crippen LogP contribution is -2.21. The fraction of sp³-hybridized carbons (Fsp3) is 0.158. The van der Waals surface area contributed by atoms with Gasteiger partial charge in [-0.15, -0.1) is 0 Å². The van der Waals surface area contributed by atoms with Crippen molar-refractivity contribution in [2.24, 2.45) is 0 Å². The van der Waals surface area contributed by atoms with E-state index in [4.69, 9.17) is 4.74 Å². The van der Waals surface area contributed by atoms with E-state index in [0.29, 0.717) is 5.69 Å². The third-order valence-corrected chi connectivity index (χ3v) is 4.37. The second-order valence-corrected chi connectivity index (χ2v) is 5.91. The molecule has 2 aromatic carbocycles. The second-order valence-electron chi connectivity index (χ2n) is 5.91. The number of aryl methyl sites for hydroxylation is 1. The fourth-order valence-corrected chi connectivity index (χ4v) is 3.06. The molecule has 0 saturated carbocycles. The first-order valence-electron chi connectivity index (χ1n) is 7.77. The molecule has 0 fully saturated rings. The van der Waals surface area contributed by atoms with Gasteiger partial charge >= 0.3 is 0 Å². The van der Waals surface area contributed by atoms with Gasteiger partial charge in [-0.3, -0.25) is 9.89 Å². The third kappa shape index (κ3) is 2.25. The number of carbonyl (C=O) groups is 1. The molecule has 0 aliphatic carbocycles. The van der Waals surface area contributed by atoms with E-state index in [0.717, 1.165) is 28.1 Å². The average molecular weight is 319 g/mol. The Hall–Kier alpha value is -3.08. The quantitative estimate of drug-likeness (QED) is 0.779. The highest BCUT2D eigenvalue weighted by Crippen LogP contribution is 2.37. The number of carbonyl (C=O) groups excluding carboxylic acids is 1. The van der Waals surface area contributed by atoms with Crippen LogP contribution < -0.4 is 10.1 Å². The molecule has 0 bridgehead atoms. The van der Waals surface area contributed by atoms with Crippen LogP contribution in [-0.4, -0.2) is 23.2 Å². The Morgan fingerprint density at radius 3 is 2.42 bits per heavy atom. The first-order valence-corrected chi connectivity index (χ1v) is 7.77. The largest absolute Gasteiger partial charge is 0.497 e. The molecule has 5 nitrogen and oxygen atoms in total. The summed E-state index contributed by atoms with van der Waals surface area (Å²) < 4.78 is 5.20. The molecule has 24 heavy (non-hydrogen) atoms. The van der Waals surface area contributed by atoms with Crippen LogP contribution in [0.4, 0.5) is 0 Å². The number of aromatic amines is 1. The van der Waals surface area contributed by atoms with Crippen LogP contribution >= 0.6 is 0 Å². The molecule has 1 amide bonds. The predicted octanol–water partition coefficient (Wildman–Crippen LogP) is 3.23. The maximum Gasteiger partial charge on any atom is 0.270 e. The number of aromatic nitrogens is 2. The lowest BCUT2D eigenvalue weighted by atomic mass is 9.96. The maximum atomic E-state index is 12.3. The lowest BCUT2D eigenvalue weighted by Gasteiger charge is -2.13. The van der Waals surface area contributed by atoms with E-state index < -0.39 is 0 Å². The van der Waals surface area contributed by atoms with Crippen molar-refractivity contribution in [1.82, 2.24) is 15.5 Å². The number of amides is 1. The third-order valence-electron chi connectivity index (χ3n) is 4.37. The Balaban J connectivity index is 1.80. The van der Waals surface area contributed by atoms with Gasteiger partial charge in [-0.2, -0.15) is 5.10 Å². The van der Waals surface area contributed by atoms with Crippen LogP contribution in [-0.2, 0) is 0 Å². The fourth-order valence-electron chi connectivity index (χ4n) is 3.06. The van der Waals surface area contributed by atoms with Crippen molar-refractivity contribution >= 4 is 5.91 Å². The summed E-state index contributed by atoms with van der Waals surface area (Å²) in [5.41, 5.74) is 5.40. The number of methoxy groups -OCH3 is 1. The van der Waals surface area contributed by atoms with Gasteiger partial charge < -0.3 is 10.1 Å². The number of nitrogens with one attached hydrogen (secondary N) is 2. The summed E-state index contributed by atoms with van der Waals surface area (Å²) in [4.78, 5) is 12.3. The Kier molecular flexibility index (Phi) is 3.34. The van der Waals surface area contributed by atoms with Gasteiger partial charge in [0.15, 0.2) is 0 Å². The van der Waals surface area contributed by atoms with E-state index in [-0.39, 0.29) is 11.9 Å². The van der Waals surface area contributed by atoms with E-state index in [1.807, 2.05) is 55.5 Å². The normalized spacial score (nSPS) is 15.9. The van der Waals surface area contributed by atoms with Gasteiger partial charge in [0, 0.05) is 11.1 Å². The molecular weight excluding hydrogens is 302 g/mol. The molecule has 2 heterocycles. The summed E-state index contributed by atoms with van der Waals surface area (Å²) >= 11 is 0. The summed E-state index contributed by atoms with van der Waals surface area (Å²) in [7, 11) is 1.64. The minimum Gasteiger partial charge on any atom is -0.497 e. The Morgan fingerprint density at radius 2 is 1.75 bits per heavy atom. The highest BCUT2D eigenvalue weighted by atomic mass is 16.5. The molecule has 2 N–H and O–H groups in total. The Bertz CT molecular complexity index is 895. The highest BCUT2D eigenvalue weighted by Gasteiger charge is 2.35. The van der Waals surface area contributed by atoms with Crippen molar-refractivity contribution in [3.63, 3.8) is 0 Å². The monoisotopic (exact) mass is 319 g/mol. The minimum atomic E-state index is -0.191. The number of H-pyrrole nitrogens is 1. The predicted molar refractivity (Wildman–Crippen MR) is 91.1 cm³/mol. The molecule has 1 aliphatic rings. The molecule has 5 heteroatoms. The number of ether oxygens (including phenoxy) is 1. The summed E-state index contributed by atoms with van der Waals surface area (Å²) in [6, 6.07) is 15.7. The van der Waals surface area contributed by atoms with Crippen molar-refractivity contribution in [2.45, 2.75) is 13.0 Å². The number of nitrogens with zero attached hydrogens (tertiary/aromatic N) is 1. The molecule has 0 saturated heterocycles. The summed E-state index contributed by atoms with van der Waals surface area (Å²) in [6.45, 7) is 2.04. The van der Waals surface area contributed by atoms with Gasteiger partial charge in [0.2, 0.25) is 0 Å².